The van der Waals surface area contributed by atoms with Crippen LogP contribution in [0.4, 0.5) is 0 Å². The Bertz CT molecular complexity index is 794. The van der Waals surface area contributed by atoms with Crippen molar-refractivity contribution in [1.29, 1.82) is 0 Å². The van der Waals surface area contributed by atoms with E-state index < -0.39 is 11.8 Å². The van der Waals surface area contributed by atoms with Crippen LogP contribution in [0, 0.1) is 6.92 Å². The van der Waals surface area contributed by atoms with E-state index in [1.807, 2.05) is 37.3 Å². The van der Waals surface area contributed by atoms with Crippen LogP contribution in [0.5, 0.6) is 11.5 Å². The monoisotopic (exact) mass is 434 g/mol. The third-order valence-electron chi connectivity index (χ3n) is 3.73. The zero-order valence-corrected chi connectivity index (χ0v) is 17.1. The Morgan fingerprint density at radius 2 is 1.59 bits per heavy atom. The van der Waals surface area contributed by atoms with Crippen molar-refractivity contribution in [3.05, 3.63) is 58.1 Å². The molecule has 0 spiro atoms. The lowest BCUT2D eigenvalue weighted by atomic mass is 10.0. The first-order chi connectivity index (χ1) is 12.9. The number of carbonyl (C=O) groups excluding carboxylic acids is 2. The van der Waals surface area contributed by atoms with Gasteiger partial charge in [-0.3, -0.25) is 20.4 Å². The number of hydrogen-bond donors (Lipinski definition) is 2. The lowest BCUT2D eigenvalue weighted by molar-refractivity contribution is -0.131. The van der Waals surface area contributed by atoms with Gasteiger partial charge in [0.15, 0.2) is 13.2 Å². The molecule has 2 N–H and O–H groups in total. The molecule has 0 saturated carbocycles. The van der Waals surface area contributed by atoms with Gasteiger partial charge in [0.25, 0.3) is 11.8 Å². The number of benzene rings is 2. The molecule has 0 unspecified atom stereocenters. The van der Waals surface area contributed by atoms with Gasteiger partial charge in [0.05, 0.1) is 0 Å². The molecule has 0 atom stereocenters. The molecule has 0 aliphatic heterocycles. The molecule has 0 bridgehead atoms. The summed E-state index contributed by atoms with van der Waals surface area (Å²) < 4.78 is 11.9. The number of para-hydroxylation sites is 1. The Balaban J connectivity index is 1.79. The van der Waals surface area contributed by atoms with Gasteiger partial charge in [-0.1, -0.05) is 48.0 Å². The van der Waals surface area contributed by atoms with E-state index in [0.29, 0.717) is 11.5 Å². The first kappa shape index (κ1) is 20.8. The van der Waals surface area contributed by atoms with Gasteiger partial charge < -0.3 is 9.47 Å². The average molecular weight is 435 g/mol. The van der Waals surface area contributed by atoms with Gasteiger partial charge >= 0.3 is 0 Å². The van der Waals surface area contributed by atoms with Gasteiger partial charge in [-0.05, 0) is 48.2 Å². The van der Waals surface area contributed by atoms with E-state index in [-0.39, 0.29) is 19.1 Å². The maximum absolute atomic E-state index is 11.9. The summed E-state index contributed by atoms with van der Waals surface area (Å²) in [5.74, 6) is 0.552. The molecule has 0 fully saturated rings. The molecule has 0 radical (unpaired) electrons. The highest BCUT2D eigenvalue weighted by Crippen LogP contribution is 2.32. The van der Waals surface area contributed by atoms with Crippen molar-refractivity contribution in [2.45, 2.75) is 26.7 Å². The van der Waals surface area contributed by atoms with E-state index in [4.69, 9.17) is 9.47 Å². The minimum atomic E-state index is -0.463. The predicted octanol–water partition coefficient (Wildman–Crippen LogP) is 3.49. The first-order valence-corrected chi connectivity index (χ1v) is 9.34. The normalized spacial score (nSPS) is 10.4. The van der Waals surface area contributed by atoms with E-state index >= 15 is 0 Å². The summed E-state index contributed by atoms with van der Waals surface area (Å²) in [4.78, 5) is 23.7. The van der Waals surface area contributed by atoms with E-state index in [1.165, 1.54) is 0 Å². The number of amides is 2. The highest BCUT2D eigenvalue weighted by molar-refractivity contribution is 9.10. The number of aryl methyl sites for hydroxylation is 1. The van der Waals surface area contributed by atoms with Crippen LogP contribution in [-0.2, 0) is 9.59 Å². The van der Waals surface area contributed by atoms with Crippen LogP contribution in [0.2, 0.25) is 0 Å². The third kappa shape index (κ3) is 6.60. The maximum Gasteiger partial charge on any atom is 0.276 e. The predicted molar refractivity (Wildman–Crippen MR) is 107 cm³/mol. The molecule has 2 aromatic carbocycles. The third-order valence-corrected chi connectivity index (χ3v) is 4.58. The Kier molecular flexibility index (Phi) is 7.67. The second-order valence-electron chi connectivity index (χ2n) is 6.28. The summed E-state index contributed by atoms with van der Waals surface area (Å²) in [7, 11) is 0. The smallest absolute Gasteiger partial charge is 0.276 e. The number of halogens is 1. The quantitative estimate of drug-likeness (QED) is 0.653. The number of ether oxygens (including phenoxy) is 2. The topological polar surface area (TPSA) is 76.7 Å². The van der Waals surface area contributed by atoms with Crippen LogP contribution in [-0.4, -0.2) is 25.0 Å². The van der Waals surface area contributed by atoms with E-state index in [0.717, 1.165) is 15.6 Å². The van der Waals surface area contributed by atoms with Crippen LogP contribution in [0.25, 0.3) is 0 Å². The summed E-state index contributed by atoms with van der Waals surface area (Å²) in [5, 5.41) is 0. The zero-order valence-electron chi connectivity index (χ0n) is 15.5. The highest BCUT2D eigenvalue weighted by atomic mass is 79.9. The van der Waals surface area contributed by atoms with Crippen molar-refractivity contribution < 1.29 is 19.1 Å². The molecule has 0 aromatic heterocycles. The molecule has 144 valence electrons. The fourth-order valence-electron chi connectivity index (χ4n) is 2.27. The van der Waals surface area contributed by atoms with Crippen molar-refractivity contribution in [3.8, 4) is 11.5 Å². The van der Waals surface area contributed by atoms with Crippen molar-refractivity contribution in [1.82, 2.24) is 10.9 Å². The molecular weight excluding hydrogens is 412 g/mol. The van der Waals surface area contributed by atoms with Gasteiger partial charge in [-0.25, -0.2) is 0 Å². The van der Waals surface area contributed by atoms with Gasteiger partial charge in [0.2, 0.25) is 0 Å². The maximum atomic E-state index is 11.9. The van der Waals surface area contributed by atoms with Gasteiger partial charge in [0, 0.05) is 4.47 Å². The molecule has 0 saturated heterocycles. The SMILES string of the molecule is Cc1cc(OCC(=O)NNC(=O)COc2ccccc2)c(C(C)C)cc1Br. The minimum absolute atomic E-state index is 0.200. The number of hydrogen-bond acceptors (Lipinski definition) is 4. The summed E-state index contributed by atoms with van der Waals surface area (Å²) in [5.41, 5.74) is 6.62. The summed E-state index contributed by atoms with van der Waals surface area (Å²) >= 11 is 3.51. The average Bonchev–Trinajstić information content (AvgIpc) is 2.65. The van der Waals surface area contributed by atoms with E-state index in [1.54, 1.807) is 12.1 Å². The summed E-state index contributed by atoms with van der Waals surface area (Å²) in [6.07, 6.45) is 0. The zero-order chi connectivity index (χ0) is 19.8. The molecule has 0 aliphatic carbocycles. The van der Waals surface area contributed by atoms with Gasteiger partial charge in [-0.2, -0.15) is 0 Å². The Hall–Kier alpha value is -2.54. The lowest BCUT2D eigenvalue weighted by Crippen LogP contribution is -2.45. The molecule has 0 aliphatic rings. The van der Waals surface area contributed by atoms with Crippen LogP contribution >= 0.6 is 15.9 Å². The van der Waals surface area contributed by atoms with Crippen LogP contribution in [0.15, 0.2) is 46.9 Å². The summed E-state index contributed by atoms with van der Waals surface area (Å²) in [6, 6.07) is 12.8. The second kappa shape index (κ2) is 9.97. The Morgan fingerprint density at radius 1 is 1.00 bits per heavy atom. The van der Waals surface area contributed by atoms with E-state index in [9.17, 15) is 9.59 Å². The Morgan fingerprint density at radius 3 is 2.19 bits per heavy atom. The highest BCUT2D eigenvalue weighted by Gasteiger charge is 2.13. The molecule has 0 heterocycles. The van der Waals surface area contributed by atoms with Crippen LogP contribution in [0.1, 0.15) is 30.9 Å². The van der Waals surface area contributed by atoms with Crippen molar-refractivity contribution >= 4 is 27.7 Å². The van der Waals surface area contributed by atoms with Crippen LogP contribution < -0.4 is 20.3 Å². The number of carbonyl (C=O) groups is 2. The largest absolute Gasteiger partial charge is 0.484 e. The van der Waals surface area contributed by atoms with E-state index in [2.05, 4.69) is 40.6 Å². The van der Waals surface area contributed by atoms with Gasteiger partial charge in [0.1, 0.15) is 11.5 Å². The summed E-state index contributed by atoms with van der Waals surface area (Å²) in [6.45, 7) is 5.65. The van der Waals surface area contributed by atoms with Gasteiger partial charge in [-0.15, -0.1) is 0 Å². The molecule has 6 nitrogen and oxygen atoms in total. The first-order valence-electron chi connectivity index (χ1n) is 8.55. The molecule has 2 amide bonds. The Labute approximate surface area is 167 Å². The lowest BCUT2D eigenvalue weighted by Gasteiger charge is -2.16. The minimum Gasteiger partial charge on any atom is -0.484 e. The second-order valence-corrected chi connectivity index (χ2v) is 7.14. The molecule has 2 rings (SSSR count). The van der Waals surface area contributed by atoms with Crippen molar-refractivity contribution in [3.63, 3.8) is 0 Å². The van der Waals surface area contributed by atoms with Crippen molar-refractivity contribution in [2.75, 3.05) is 13.2 Å². The number of rotatable bonds is 7. The fraction of sp³-hybridized carbons (Fsp3) is 0.300. The number of nitrogens with one attached hydrogen (secondary N) is 2. The molecule has 2 aromatic rings. The number of hydrazine groups is 1. The standard InChI is InChI=1S/C20H23BrN2O4/c1-13(2)16-10-17(21)14(3)9-18(16)27-12-20(25)23-22-19(24)11-26-15-7-5-4-6-8-15/h4-10,13H,11-12H2,1-3H3,(H,22,24)(H,23,25). The molecule has 27 heavy (non-hydrogen) atoms. The molecular formula is C20H23BrN2O4. The molecule has 7 heteroatoms. The van der Waals surface area contributed by atoms with Crippen molar-refractivity contribution in [2.24, 2.45) is 0 Å². The van der Waals surface area contributed by atoms with Crippen LogP contribution in [0.3, 0.4) is 0 Å². The fourth-order valence-corrected chi connectivity index (χ4v) is 2.63.